The normalized spacial score (nSPS) is 16.3. The Bertz CT molecular complexity index is 863. The molecule has 1 aliphatic heterocycles. The van der Waals surface area contributed by atoms with Crippen LogP contribution in [0.15, 0.2) is 42.7 Å². The maximum atomic E-state index is 12.4. The van der Waals surface area contributed by atoms with E-state index in [0.29, 0.717) is 32.5 Å². The van der Waals surface area contributed by atoms with Gasteiger partial charge in [0.15, 0.2) is 0 Å². The summed E-state index contributed by atoms with van der Waals surface area (Å²) in [6.45, 7) is 1.11. The lowest BCUT2D eigenvalue weighted by atomic mass is 9.97. The van der Waals surface area contributed by atoms with Crippen LogP contribution in [0.5, 0.6) is 0 Å². The molecule has 0 bridgehead atoms. The molecule has 1 saturated heterocycles. The number of rotatable bonds is 5. The minimum Gasteiger partial charge on any atom is -0.350 e. The molecule has 1 aromatic heterocycles. The van der Waals surface area contributed by atoms with E-state index in [0.717, 1.165) is 17.0 Å². The van der Waals surface area contributed by atoms with E-state index in [2.05, 4.69) is 15.3 Å². The average molecular weight is 374 g/mol. The Morgan fingerprint density at radius 3 is 2.54 bits per heavy atom. The first-order valence-electron chi connectivity index (χ1n) is 8.52. The molecule has 0 unspecified atom stereocenters. The van der Waals surface area contributed by atoms with Crippen LogP contribution in [0, 0.1) is 5.92 Å². The molecule has 1 amide bonds. The van der Waals surface area contributed by atoms with Gasteiger partial charge in [-0.15, -0.1) is 0 Å². The number of piperidine rings is 1. The number of nitrogens with zero attached hydrogens (tertiary/aromatic N) is 3. The molecule has 1 fully saturated rings. The maximum Gasteiger partial charge on any atom is 0.223 e. The summed E-state index contributed by atoms with van der Waals surface area (Å²) in [5.74, 6) is -0.221. The third kappa shape index (κ3) is 4.64. The number of carbonyl (C=O) groups excluding carboxylic acids is 1. The van der Waals surface area contributed by atoms with Gasteiger partial charge in [0.25, 0.3) is 0 Å². The SMILES string of the molecule is CS(=O)(=O)N1CCC(C(=O)NCc2cc(-c3ccccc3)ncn2)CC1. The van der Waals surface area contributed by atoms with Gasteiger partial charge in [0.2, 0.25) is 15.9 Å². The second kappa shape index (κ2) is 7.92. The van der Waals surface area contributed by atoms with E-state index in [1.165, 1.54) is 16.9 Å². The molecule has 3 rings (SSSR count). The van der Waals surface area contributed by atoms with Crippen LogP contribution in [0.2, 0.25) is 0 Å². The van der Waals surface area contributed by atoms with Crippen molar-refractivity contribution in [2.75, 3.05) is 19.3 Å². The Balaban J connectivity index is 1.56. The van der Waals surface area contributed by atoms with Crippen LogP contribution in [0.1, 0.15) is 18.5 Å². The van der Waals surface area contributed by atoms with Gasteiger partial charge < -0.3 is 5.32 Å². The monoisotopic (exact) mass is 374 g/mol. The van der Waals surface area contributed by atoms with E-state index in [9.17, 15) is 13.2 Å². The maximum absolute atomic E-state index is 12.4. The summed E-state index contributed by atoms with van der Waals surface area (Å²) in [5.41, 5.74) is 2.54. The Hall–Kier alpha value is -2.32. The number of aromatic nitrogens is 2. The van der Waals surface area contributed by atoms with Gasteiger partial charge in [-0.25, -0.2) is 22.7 Å². The predicted octanol–water partition coefficient (Wildman–Crippen LogP) is 1.43. The average Bonchev–Trinajstić information content (AvgIpc) is 2.66. The number of sulfonamides is 1. The predicted molar refractivity (Wildman–Crippen MR) is 98.5 cm³/mol. The van der Waals surface area contributed by atoms with Crippen molar-refractivity contribution in [3.63, 3.8) is 0 Å². The Morgan fingerprint density at radius 2 is 1.88 bits per heavy atom. The van der Waals surface area contributed by atoms with Gasteiger partial charge in [-0.1, -0.05) is 30.3 Å². The van der Waals surface area contributed by atoms with Crippen molar-refractivity contribution in [2.45, 2.75) is 19.4 Å². The molecule has 8 heteroatoms. The quantitative estimate of drug-likeness (QED) is 0.855. The fraction of sp³-hybridized carbons (Fsp3) is 0.389. The van der Waals surface area contributed by atoms with Crippen molar-refractivity contribution in [3.05, 3.63) is 48.4 Å². The molecule has 7 nitrogen and oxygen atoms in total. The number of hydrogen-bond donors (Lipinski definition) is 1. The van der Waals surface area contributed by atoms with E-state index in [1.807, 2.05) is 36.4 Å². The lowest BCUT2D eigenvalue weighted by molar-refractivity contribution is -0.126. The van der Waals surface area contributed by atoms with Crippen molar-refractivity contribution in [1.29, 1.82) is 0 Å². The van der Waals surface area contributed by atoms with Crippen LogP contribution in [0.3, 0.4) is 0 Å². The van der Waals surface area contributed by atoms with Crippen LogP contribution in [0.4, 0.5) is 0 Å². The number of carbonyl (C=O) groups is 1. The zero-order valence-corrected chi connectivity index (χ0v) is 15.4. The van der Waals surface area contributed by atoms with Gasteiger partial charge in [-0.05, 0) is 18.9 Å². The topological polar surface area (TPSA) is 92.3 Å². The lowest BCUT2D eigenvalue weighted by Gasteiger charge is -2.29. The van der Waals surface area contributed by atoms with Crippen molar-refractivity contribution < 1.29 is 13.2 Å². The number of hydrogen-bond acceptors (Lipinski definition) is 5. The first kappa shape index (κ1) is 18.5. The summed E-state index contributed by atoms with van der Waals surface area (Å²) in [6, 6.07) is 11.6. The van der Waals surface area contributed by atoms with Crippen molar-refractivity contribution >= 4 is 15.9 Å². The summed E-state index contributed by atoms with van der Waals surface area (Å²) in [5, 5.41) is 2.90. The first-order valence-corrected chi connectivity index (χ1v) is 10.4. The zero-order chi connectivity index (χ0) is 18.6. The lowest BCUT2D eigenvalue weighted by Crippen LogP contribution is -2.42. The van der Waals surface area contributed by atoms with Gasteiger partial charge in [0.1, 0.15) is 6.33 Å². The molecule has 0 radical (unpaired) electrons. The van der Waals surface area contributed by atoms with E-state index < -0.39 is 10.0 Å². The first-order chi connectivity index (χ1) is 12.4. The van der Waals surface area contributed by atoms with Crippen LogP contribution in [0.25, 0.3) is 11.3 Å². The van der Waals surface area contributed by atoms with Crippen LogP contribution < -0.4 is 5.32 Å². The minimum atomic E-state index is -3.18. The fourth-order valence-electron chi connectivity index (χ4n) is 3.03. The van der Waals surface area contributed by atoms with Gasteiger partial charge in [0.05, 0.1) is 24.2 Å². The highest BCUT2D eigenvalue weighted by molar-refractivity contribution is 7.88. The number of nitrogens with one attached hydrogen (secondary N) is 1. The van der Waals surface area contributed by atoms with Crippen LogP contribution in [-0.2, 0) is 21.4 Å². The van der Waals surface area contributed by atoms with Crippen LogP contribution >= 0.6 is 0 Å². The van der Waals surface area contributed by atoms with E-state index in [1.54, 1.807) is 0 Å². The third-order valence-electron chi connectivity index (χ3n) is 4.53. The highest BCUT2D eigenvalue weighted by atomic mass is 32.2. The minimum absolute atomic E-state index is 0.0574. The molecular weight excluding hydrogens is 352 g/mol. The molecule has 0 aliphatic carbocycles. The number of benzene rings is 1. The van der Waals surface area contributed by atoms with Gasteiger partial charge in [0, 0.05) is 24.6 Å². The highest BCUT2D eigenvalue weighted by Crippen LogP contribution is 2.20. The molecule has 2 heterocycles. The summed E-state index contributed by atoms with van der Waals surface area (Å²) in [6.07, 6.45) is 3.77. The smallest absolute Gasteiger partial charge is 0.223 e. The summed E-state index contributed by atoms with van der Waals surface area (Å²) in [7, 11) is -3.18. The van der Waals surface area contributed by atoms with Crippen molar-refractivity contribution in [1.82, 2.24) is 19.6 Å². The van der Waals surface area contributed by atoms with Gasteiger partial charge >= 0.3 is 0 Å². The van der Waals surface area contributed by atoms with Crippen LogP contribution in [-0.4, -0.2) is 47.9 Å². The standard InChI is InChI=1S/C18H22N4O3S/c1-26(24,25)22-9-7-15(8-10-22)18(23)19-12-16-11-17(21-13-20-16)14-5-3-2-4-6-14/h2-6,11,13,15H,7-10,12H2,1H3,(H,19,23). The summed E-state index contributed by atoms with van der Waals surface area (Å²) < 4.78 is 24.5. The van der Waals surface area contributed by atoms with Gasteiger partial charge in [-0.3, -0.25) is 4.79 Å². The summed E-state index contributed by atoms with van der Waals surface area (Å²) >= 11 is 0. The van der Waals surface area contributed by atoms with E-state index in [-0.39, 0.29) is 11.8 Å². The molecule has 1 aliphatic rings. The molecule has 0 atom stereocenters. The largest absolute Gasteiger partial charge is 0.350 e. The Morgan fingerprint density at radius 1 is 1.19 bits per heavy atom. The van der Waals surface area contributed by atoms with E-state index >= 15 is 0 Å². The molecule has 0 spiro atoms. The molecular formula is C18H22N4O3S. The molecule has 26 heavy (non-hydrogen) atoms. The molecule has 1 aromatic carbocycles. The molecule has 0 saturated carbocycles. The highest BCUT2D eigenvalue weighted by Gasteiger charge is 2.28. The van der Waals surface area contributed by atoms with Crippen molar-refractivity contribution in [3.8, 4) is 11.3 Å². The third-order valence-corrected chi connectivity index (χ3v) is 5.83. The second-order valence-electron chi connectivity index (χ2n) is 6.41. The fourth-order valence-corrected chi connectivity index (χ4v) is 3.91. The zero-order valence-electron chi connectivity index (χ0n) is 14.6. The summed E-state index contributed by atoms with van der Waals surface area (Å²) in [4.78, 5) is 20.8. The van der Waals surface area contributed by atoms with Gasteiger partial charge in [-0.2, -0.15) is 0 Å². The Labute approximate surface area is 153 Å². The molecule has 2 aromatic rings. The van der Waals surface area contributed by atoms with Crippen molar-refractivity contribution in [2.24, 2.45) is 5.92 Å². The van der Waals surface area contributed by atoms with E-state index in [4.69, 9.17) is 0 Å². The Kier molecular flexibility index (Phi) is 5.63. The molecule has 138 valence electrons. The number of amides is 1. The second-order valence-corrected chi connectivity index (χ2v) is 8.40. The molecule has 1 N–H and O–H groups in total.